The van der Waals surface area contributed by atoms with Gasteiger partial charge in [0.05, 0.1) is 10.2 Å². The van der Waals surface area contributed by atoms with Crippen LogP contribution in [0.5, 0.6) is 0 Å². The Balaban J connectivity index is 1.69. The number of para-hydroxylation sites is 1. The van der Waals surface area contributed by atoms with Crippen molar-refractivity contribution in [2.45, 2.75) is 45.2 Å². The molecule has 1 aliphatic rings. The number of hydrogen-bond donors (Lipinski definition) is 1. The number of carbonyl (C=O) groups is 1. The van der Waals surface area contributed by atoms with Crippen LogP contribution in [0.3, 0.4) is 0 Å². The van der Waals surface area contributed by atoms with E-state index in [1.165, 1.54) is 24.2 Å². The minimum atomic E-state index is -0.0661. The summed E-state index contributed by atoms with van der Waals surface area (Å²) in [6, 6.07) is 7.88. The molecule has 1 saturated carbocycles. The molecule has 1 fully saturated rings. The third-order valence-electron chi connectivity index (χ3n) is 4.26. The van der Waals surface area contributed by atoms with Gasteiger partial charge in [-0.15, -0.1) is 0 Å². The van der Waals surface area contributed by atoms with Gasteiger partial charge in [0.2, 0.25) is 5.91 Å². The summed E-state index contributed by atoms with van der Waals surface area (Å²) in [5.74, 6) is 0.710. The van der Waals surface area contributed by atoms with E-state index in [9.17, 15) is 9.59 Å². The maximum absolute atomic E-state index is 12.2. The molecule has 0 unspecified atom stereocenters. The molecule has 0 aliphatic heterocycles. The maximum Gasteiger partial charge on any atom is 0.308 e. The van der Waals surface area contributed by atoms with E-state index in [1.807, 2.05) is 24.3 Å². The molecule has 1 aromatic carbocycles. The van der Waals surface area contributed by atoms with E-state index in [0.717, 1.165) is 29.0 Å². The molecule has 2 aromatic rings. The van der Waals surface area contributed by atoms with Gasteiger partial charge in [-0.1, -0.05) is 30.4 Å². The van der Waals surface area contributed by atoms with Crippen molar-refractivity contribution in [3.8, 4) is 0 Å². The van der Waals surface area contributed by atoms with Crippen LogP contribution < -0.4 is 10.2 Å². The fourth-order valence-corrected chi connectivity index (χ4v) is 3.88. The van der Waals surface area contributed by atoms with Crippen LogP contribution in [0.25, 0.3) is 10.2 Å². The average Bonchev–Trinajstić information content (AvgIpc) is 2.78. The number of carbonyl (C=O) groups excluding carboxylic acids is 1. The molecule has 5 heteroatoms. The van der Waals surface area contributed by atoms with Gasteiger partial charge in [-0.25, -0.2) is 0 Å². The third kappa shape index (κ3) is 3.18. The van der Waals surface area contributed by atoms with Crippen LogP contribution in [0.1, 0.15) is 32.6 Å². The van der Waals surface area contributed by atoms with Gasteiger partial charge in [-0.3, -0.25) is 14.2 Å². The van der Waals surface area contributed by atoms with Gasteiger partial charge in [0.15, 0.2) is 0 Å². The molecule has 0 atom stereocenters. The van der Waals surface area contributed by atoms with Crippen molar-refractivity contribution in [3.05, 3.63) is 33.9 Å². The number of aromatic nitrogens is 1. The summed E-state index contributed by atoms with van der Waals surface area (Å²) < 4.78 is 2.50. The van der Waals surface area contributed by atoms with Crippen LogP contribution in [0.4, 0.5) is 0 Å². The Hall–Kier alpha value is -1.62. The largest absolute Gasteiger partial charge is 0.352 e. The van der Waals surface area contributed by atoms with Crippen molar-refractivity contribution in [1.29, 1.82) is 0 Å². The molecule has 4 nitrogen and oxygen atoms in total. The molecule has 1 amide bonds. The van der Waals surface area contributed by atoms with Crippen LogP contribution in [-0.4, -0.2) is 16.5 Å². The van der Waals surface area contributed by atoms with E-state index in [2.05, 4.69) is 12.2 Å². The smallest absolute Gasteiger partial charge is 0.308 e. The molecule has 0 bridgehead atoms. The lowest BCUT2D eigenvalue weighted by molar-refractivity contribution is -0.122. The van der Waals surface area contributed by atoms with Crippen LogP contribution in [0.15, 0.2) is 29.1 Å². The van der Waals surface area contributed by atoms with Crippen molar-refractivity contribution >= 4 is 27.5 Å². The molecule has 1 N–H and O–H groups in total. The molecule has 0 saturated heterocycles. The molecular weight excluding hydrogens is 284 g/mol. The lowest BCUT2D eigenvalue weighted by Crippen LogP contribution is -2.40. The summed E-state index contributed by atoms with van der Waals surface area (Å²) in [4.78, 5) is 24.1. The van der Waals surface area contributed by atoms with Crippen LogP contribution in [0, 0.1) is 5.92 Å². The zero-order chi connectivity index (χ0) is 14.8. The normalized spacial score (nSPS) is 22.3. The predicted molar refractivity (Wildman–Crippen MR) is 85.6 cm³/mol. The molecule has 0 radical (unpaired) electrons. The van der Waals surface area contributed by atoms with Crippen molar-refractivity contribution in [1.82, 2.24) is 9.88 Å². The van der Waals surface area contributed by atoms with Gasteiger partial charge in [-0.2, -0.15) is 0 Å². The Bertz CT molecular complexity index is 696. The Labute approximate surface area is 127 Å². The number of nitrogens with zero attached hydrogens (tertiary/aromatic N) is 1. The van der Waals surface area contributed by atoms with Gasteiger partial charge in [0.1, 0.15) is 6.54 Å². The zero-order valence-corrected chi connectivity index (χ0v) is 13.0. The summed E-state index contributed by atoms with van der Waals surface area (Å²) in [7, 11) is 0. The second-order valence-corrected chi connectivity index (χ2v) is 6.94. The number of amides is 1. The second kappa shape index (κ2) is 6.02. The van der Waals surface area contributed by atoms with Crippen LogP contribution >= 0.6 is 11.3 Å². The van der Waals surface area contributed by atoms with Crippen LogP contribution in [0.2, 0.25) is 0 Å². The van der Waals surface area contributed by atoms with E-state index >= 15 is 0 Å². The first-order valence-electron chi connectivity index (χ1n) is 7.51. The zero-order valence-electron chi connectivity index (χ0n) is 12.2. The minimum absolute atomic E-state index is 0.0554. The number of nitrogens with one attached hydrogen (secondary N) is 1. The predicted octanol–water partition coefficient (Wildman–Crippen LogP) is 2.76. The van der Waals surface area contributed by atoms with E-state index in [0.29, 0.717) is 0 Å². The molecule has 0 spiro atoms. The highest BCUT2D eigenvalue weighted by Gasteiger charge is 2.20. The van der Waals surface area contributed by atoms with E-state index in [4.69, 9.17) is 0 Å². The molecule has 1 heterocycles. The Morgan fingerprint density at radius 3 is 2.76 bits per heavy atom. The van der Waals surface area contributed by atoms with Gasteiger partial charge in [0, 0.05) is 6.04 Å². The maximum atomic E-state index is 12.2. The summed E-state index contributed by atoms with van der Waals surface area (Å²) in [6.45, 7) is 2.38. The van der Waals surface area contributed by atoms with E-state index in [1.54, 1.807) is 4.57 Å². The number of hydrogen-bond acceptors (Lipinski definition) is 3. The molecular formula is C16H20N2O2S. The summed E-state index contributed by atoms with van der Waals surface area (Å²) in [6.07, 6.45) is 4.44. The quantitative estimate of drug-likeness (QED) is 0.948. The second-order valence-electron chi connectivity index (χ2n) is 5.95. The van der Waals surface area contributed by atoms with Crippen molar-refractivity contribution in [2.75, 3.05) is 0 Å². The standard InChI is InChI=1S/C16H20N2O2S/c1-11-6-8-12(9-7-11)17-15(19)10-18-13-4-2-3-5-14(13)21-16(18)20/h2-5,11-12H,6-10H2,1H3,(H,17,19). The lowest BCUT2D eigenvalue weighted by Gasteiger charge is -2.26. The number of thiazole rings is 1. The fraction of sp³-hybridized carbons (Fsp3) is 0.500. The number of benzene rings is 1. The Morgan fingerprint density at radius 2 is 2.00 bits per heavy atom. The van der Waals surface area contributed by atoms with E-state index in [-0.39, 0.29) is 23.4 Å². The molecule has 21 heavy (non-hydrogen) atoms. The monoisotopic (exact) mass is 304 g/mol. The molecule has 3 rings (SSSR count). The third-order valence-corrected chi connectivity index (χ3v) is 5.22. The van der Waals surface area contributed by atoms with Gasteiger partial charge >= 0.3 is 4.87 Å². The molecule has 112 valence electrons. The first-order valence-corrected chi connectivity index (χ1v) is 8.33. The van der Waals surface area contributed by atoms with Gasteiger partial charge in [0.25, 0.3) is 0 Å². The van der Waals surface area contributed by atoms with Crippen molar-refractivity contribution < 1.29 is 4.79 Å². The first-order chi connectivity index (χ1) is 10.1. The highest BCUT2D eigenvalue weighted by molar-refractivity contribution is 7.16. The average molecular weight is 304 g/mol. The fourth-order valence-electron chi connectivity index (χ4n) is 2.99. The lowest BCUT2D eigenvalue weighted by atomic mass is 9.87. The van der Waals surface area contributed by atoms with Crippen LogP contribution in [-0.2, 0) is 11.3 Å². The summed E-state index contributed by atoms with van der Waals surface area (Å²) >= 11 is 1.19. The Kier molecular flexibility index (Phi) is 4.10. The summed E-state index contributed by atoms with van der Waals surface area (Å²) in [5, 5.41) is 3.08. The van der Waals surface area contributed by atoms with Gasteiger partial charge in [-0.05, 0) is 43.7 Å². The highest BCUT2D eigenvalue weighted by Crippen LogP contribution is 2.23. The summed E-state index contributed by atoms with van der Waals surface area (Å²) in [5.41, 5.74) is 0.847. The minimum Gasteiger partial charge on any atom is -0.352 e. The first kappa shape index (κ1) is 14.3. The van der Waals surface area contributed by atoms with Crippen molar-refractivity contribution in [3.63, 3.8) is 0 Å². The molecule has 1 aliphatic carbocycles. The highest BCUT2D eigenvalue weighted by atomic mass is 32.1. The SMILES string of the molecule is CC1CCC(NC(=O)Cn2c(=O)sc3ccccc32)CC1. The molecule has 1 aromatic heterocycles. The number of rotatable bonds is 3. The van der Waals surface area contributed by atoms with Gasteiger partial charge < -0.3 is 5.32 Å². The van der Waals surface area contributed by atoms with Crippen molar-refractivity contribution in [2.24, 2.45) is 5.92 Å². The Morgan fingerprint density at radius 1 is 1.29 bits per heavy atom. The van der Waals surface area contributed by atoms with E-state index < -0.39 is 0 Å². The number of fused-ring (bicyclic) bond motifs is 1. The topological polar surface area (TPSA) is 51.1 Å².